The maximum Gasteiger partial charge on any atom is 0.335 e. The summed E-state index contributed by atoms with van der Waals surface area (Å²) in [6.45, 7) is 11.0. The molecule has 1 saturated carbocycles. The van der Waals surface area contributed by atoms with E-state index in [9.17, 15) is 9.59 Å². The van der Waals surface area contributed by atoms with E-state index in [0.29, 0.717) is 11.1 Å². The fraction of sp³-hybridized carbons (Fsp3) is 0.517. The molecular weight excluding hydrogens is 444 g/mol. The van der Waals surface area contributed by atoms with Gasteiger partial charge in [0, 0.05) is 33.7 Å². The number of rotatable bonds is 4. The Bertz CT molecular complexity index is 1180. The number of methoxy groups -OCH3 is 2. The minimum Gasteiger partial charge on any atom is -0.496 e. The summed E-state index contributed by atoms with van der Waals surface area (Å²) in [5.41, 5.74) is 1.79. The fourth-order valence-corrected chi connectivity index (χ4v) is 6.43. The maximum absolute atomic E-state index is 13.4. The molecule has 3 aliphatic rings. The van der Waals surface area contributed by atoms with Crippen molar-refractivity contribution in [3.8, 4) is 11.5 Å². The highest BCUT2D eigenvalue weighted by Crippen LogP contribution is 2.72. The zero-order valence-electron chi connectivity index (χ0n) is 21.8. The first-order chi connectivity index (χ1) is 16.4. The van der Waals surface area contributed by atoms with Crippen molar-refractivity contribution in [1.82, 2.24) is 0 Å². The van der Waals surface area contributed by atoms with Gasteiger partial charge in [0.15, 0.2) is 0 Å². The van der Waals surface area contributed by atoms with Crippen LogP contribution in [0.4, 0.5) is 0 Å². The minimum atomic E-state index is -0.666. The molecule has 0 heterocycles. The predicted molar refractivity (Wildman–Crippen MR) is 133 cm³/mol. The molecule has 0 aromatic heterocycles. The highest BCUT2D eigenvalue weighted by Gasteiger charge is 2.65. The highest BCUT2D eigenvalue weighted by molar-refractivity contribution is 6.06. The van der Waals surface area contributed by atoms with Crippen LogP contribution in [0, 0.1) is 11.8 Å². The van der Waals surface area contributed by atoms with Gasteiger partial charge in [0.1, 0.15) is 22.7 Å². The lowest BCUT2D eigenvalue weighted by molar-refractivity contribution is -0.156. The molecule has 3 aliphatic carbocycles. The van der Waals surface area contributed by atoms with Crippen LogP contribution >= 0.6 is 0 Å². The van der Waals surface area contributed by atoms with Crippen molar-refractivity contribution < 1.29 is 28.5 Å². The summed E-state index contributed by atoms with van der Waals surface area (Å²) in [5, 5.41) is 1.98. The summed E-state index contributed by atoms with van der Waals surface area (Å²) in [7, 11) is 3.38. The molecule has 2 aromatic carbocycles. The van der Waals surface area contributed by atoms with Gasteiger partial charge in [0.25, 0.3) is 0 Å². The number of benzene rings is 2. The molecule has 5 rings (SSSR count). The average molecular weight is 479 g/mol. The number of hydrogen-bond acceptors (Lipinski definition) is 6. The number of carbonyl (C=O) groups excluding carboxylic acids is 2. The molecular formula is C29H34O6. The standard InChI is InChI=1S/C29H34O6/c1-28(2,3)34-26(30)22-18-16-13-17(19(18)23(22)27(31)35-29(4,5)6)21-20(16)24(32-7)14-11-9-10-12-15(14)25(21)33-8/h9-12,16-19H,13H2,1-8H3/t16-,17+,18+,19-. The van der Waals surface area contributed by atoms with E-state index in [1.54, 1.807) is 14.2 Å². The van der Waals surface area contributed by atoms with E-state index in [-0.39, 0.29) is 23.7 Å². The van der Waals surface area contributed by atoms with Gasteiger partial charge in [0.2, 0.25) is 0 Å². The van der Waals surface area contributed by atoms with E-state index in [0.717, 1.165) is 39.8 Å². The van der Waals surface area contributed by atoms with Crippen molar-refractivity contribution in [3.05, 3.63) is 46.5 Å². The monoisotopic (exact) mass is 478 g/mol. The Kier molecular flexibility index (Phi) is 5.24. The maximum atomic E-state index is 13.4. The Balaban J connectivity index is 1.68. The Hall–Kier alpha value is -3.02. The zero-order chi connectivity index (χ0) is 25.4. The van der Waals surface area contributed by atoms with Crippen LogP contribution in [0.5, 0.6) is 11.5 Å². The first-order valence-corrected chi connectivity index (χ1v) is 12.2. The molecule has 0 radical (unpaired) electrons. The lowest BCUT2D eigenvalue weighted by atomic mass is 9.59. The average Bonchev–Trinajstić information content (AvgIpc) is 3.21. The van der Waals surface area contributed by atoms with E-state index < -0.39 is 23.1 Å². The molecule has 2 bridgehead atoms. The van der Waals surface area contributed by atoms with E-state index in [1.165, 1.54) is 0 Å². The SMILES string of the molecule is COc1c2c(c(OC)c3ccccc13)[C@@H]1C[C@H]2[C@H]2C(C(=O)OC(C)(C)C)=C(C(=O)OC(C)(C)C)[C@H]21. The van der Waals surface area contributed by atoms with Gasteiger partial charge in [0.05, 0.1) is 25.4 Å². The van der Waals surface area contributed by atoms with Crippen molar-refractivity contribution in [2.75, 3.05) is 14.2 Å². The van der Waals surface area contributed by atoms with Crippen LogP contribution in [-0.2, 0) is 19.1 Å². The number of ether oxygens (including phenoxy) is 4. The Morgan fingerprint density at radius 2 is 1.09 bits per heavy atom. The quantitative estimate of drug-likeness (QED) is 0.528. The Morgan fingerprint density at radius 1 is 0.714 bits per heavy atom. The van der Waals surface area contributed by atoms with Crippen LogP contribution in [0.2, 0.25) is 0 Å². The molecule has 186 valence electrons. The third kappa shape index (κ3) is 3.52. The summed E-state index contributed by atoms with van der Waals surface area (Å²) < 4.78 is 23.5. The summed E-state index contributed by atoms with van der Waals surface area (Å²) in [4.78, 5) is 26.8. The van der Waals surface area contributed by atoms with E-state index in [1.807, 2.05) is 65.8 Å². The van der Waals surface area contributed by atoms with Crippen molar-refractivity contribution in [3.63, 3.8) is 0 Å². The molecule has 4 atom stereocenters. The molecule has 0 aliphatic heterocycles. The normalized spacial score (nSPS) is 24.6. The Morgan fingerprint density at radius 3 is 1.40 bits per heavy atom. The Labute approximate surface area is 206 Å². The third-order valence-electron chi connectivity index (χ3n) is 7.30. The van der Waals surface area contributed by atoms with Gasteiger partial charge in [-0.1, -0.05) is 24.3 Å². The van der Waals surface area contributed by atoms with E-state index >= 15 is 0 Å². The van der Waals surface area contributed by atoms with Crippen LogP contribution < -0.4 is 9.47 Å². The second-order valence-electron chi connectivity index (χ2n) is 11.8. The van der Waals surface area contributed by atoms with Crippen LogP contribution in [0.3, 0.4) is 0 Å². The number of carbonyl (C=O) groups is 2. The minimum absolute atomic E-state index is 0.0437. The van der Waals surface area contributed by atoms with Gasteiger partial charge in [-0.2, -0.15) is 0 Å². The highest BCUT2D eigenvalue weighted by atomic mass is 16.6. The smallest absolute Gasteiger partial charge is 0.335 e. The van der Waals surface area contributed by atoms with Gasteiger partial charge in [-0.15, -0.1) is 0 Å². The summed E-state index contributed by atoms with van der Waals surface area (Å²) >= 11 is 0. The van der Waals surface area contributed by atoms with Crippen molar-refractivity contribution in [1.29, 1.82) is 0 Å². The van der Waals surface area contributed by atoms with Crippen molar-refractivity contribution >= 4 is 22.7 Å². The first-order valence-electron chi connectivity index (χ1n) is 12.2. The number of fused-ring (bicyclic) bond motifs is 9. The van der Waals surface area contributed by atoms with Gasteiger partial charge < -0.3 is 18.9 Å². The van der Waals surface area contributed by atoms with E-state index in [2.05, 4.69) is 0 Å². The molecule has 0 unspecified atom stereocenters. The van der Waals surface area contributed by atoms with Crippen molar-refractivity contribution in [2.45, 2.75) is 71.0 Å². The molecule has 6 nitrogen and oxygen atoms in total. The second kappa shape index (κ2) is 7.74. The summed E-state index contributed by atoms with van der Waals surface area (Å²) in [6, 6.07) is 8.06. The molecule has 0 saturated heterocycles. The molecule has 2 aromatic rings. The lowest BCUT2D eigenvalue weighted by Gasteiger charge is -2.44. The molecule has 0 spiro atoms. The van der Waals surface area contributed by atoms with Crippen LogP contribution in [-0.4, -0.2) is 37.4 Å². The van der Waals surface area contributed by atoms with E-state index in [4.69, 9.17) is 18.9 Å². The van der Waals surface area contributed by atoms with Gasteiger partial charge >= 0.3 is 11.9 Å². The summed E-state index contributed by atoms with van der Waals surface area (Å²) in [6.07, 6.45) is 0.826. The predicted octanol–water partition coefficient (Wildman–Crippen LogP) is 5.67. The first kappa shape index (κ1) is 23.7. The van der Waals surface area contributed by atoms with Gasteiger partial charge in [-0.3, -0.25) is 0 Å². The number of hydrogen-bond donors (Lipinski definition) is 0. The largest absolute Gasteiger partial charge is 0.496 e. The van der Waals surface area contributed by atoms with Gasteiger partial charge in [-0.05, 0) is 59.8 Å². The molecule has 0 N–H and O–H groups in total. The lowest BCUT2D eigenvalue weighted by Crippen LogP contribution is -2.44. The van der Waals surface area contributed by atoms with Crippen LogP contribution in [0.25, 0.3) is 10.8 Å². The van der Waals surface area contributed by atoms with Gasteiger partial charge in [-0.25, -0.2) is 9.59 Å². The zero-order valence-corrected chi connectivity index (χ0v) is 21.8. The molecule has 0 amide bonds. The third-order valence-corrected chi connectivity index (χ3v) is 7.30. The molecule has 35 heavy (non-hydrogen) atoms. The van der Waals surface area contributed by atoms with Crippen molar-refractivity contribution in [2.24, 2.45) is 11.8 Å². The fourth-order valence-electron chi connectivity index (χ4n) is 6.43. The summed E-state index contributed by atoms with van der Waals surface area (Å²) in [5.74, 6) is 0.674. The number of esters is 2. The van der Waals surface area contributed by atoms with Crippen LogP contribution in [0.1, 0.15) is 70.9 Å². The van der Waals surface area contributed by atoms with Crippen LogP contribution in [0.15, 0.2) is 35.4 Å². The topological polar surface area (TPSA) is 71.1 Å². The molecule has 6 heteroatoms. The second-order valence-corrected chi connectivity index (χ2v) is 11.8. The molecule has 1 fully saturated rings.